The highest BCUT2D eigenvalue weighted by Crippen LogP contribution is 2.32. The minimum atomic E-state index is 0.0433. The van der Waals surface area contributed by atoms with E-state index in [0.717, 1.165) is 30.4 Å². The molecule has 0 N–H and O–H groups in total. The van der Waals surface area contributed by atoms with Crippen LogP contribution in [0.3, 0.4) is 0 Å². The Labute approximate surface area is 141 Å². The summed E-state index contributed by atoms with van der Waals surface area (Å²) in [7, 11) is 0. The zero-order valence-corrected chi connectivity index (χ0v) is 13.4. The molecule has 1 aromatic heterocycles. The maximum absolute atomic E-state index is 12.6. The standard InChI is InChI=1S/C21H19NO2/c23-21(13-12-18-15-17-9-4-5-11-20(17)24-18)22-14-6-10-19(22)16-7-2-1-3-8-16/h1-5,7-9,11-13,15,19H,6,10,14H2/b13-12+. The molecule has 1 aliphatic rings. The third-order valence-electron chi connectivity index (χ3n) is 4.55. The summed E-state index contributed by atoms with van der Waals surface area (Å²) in [6.07, 6.45) is 5.46. The van der Waals surface area contributed by atoms with Gasteiger partial charge in [0.05, 0.1) is 6.04 Å². The quantitative estimate of drug-likeness (QED) is 0.650. The average Bonchev–Trinajstić information content (AvgIpc) is 3.27. The Bertz CT molecular complexity index is 846. The third-order valence-corrected chi connectivity index (χ3v) is 4.55. The highest BCUT2D eigenvalue weighted by molar-refractivity contribution is 5.92. The monoisotopic (exact) mass is 317 g/mol. The summed E-state index contributed by atoms with van der Waals surface area (Å²) in [5.74, 6) is 0.752. The van der Waals surface area contributed by atoms with Crippen molar-refractivity contribution in [3.8, 4) is 0 Å². The minimum Gasteiger partial charge on any atom is -0.457 e. The number of rotatable bonds is 3. The predicted molar refractivity (Wildman–Crippen MR) is 95.4 cm³/mol. The SMILES string of the molecule is O=C(/C=C/c1cc2ccccc2o1)N1CCCC1c1ccccc1. The number of hydrogen-bond donors (Lipinski definition) is 0. The van der Waals surface area contributed by atoms with Crippen molar-refractivity contribution in [2.45, 2.75) is 18.9 Å². The number of nitrogens with zero attached hydrogens (tertiary/aromatic N) is 1. The zero-order valence-electron chi connectivity index (χ0n) is 13.4. The van der Waals surface area contributed by atoms with Crippen molar-refractivity contribution < 1.29 is 9.21 Å². The lowest BCUT2D eigenvalue weighted by atomic mass is 10.0. The molecule has 1 amide bonds. The van der Waals surface area contributed by atoms with E-state index in [1.165, 1.54) is 5.56 Å². The summed E-state index contributed by atoms with van der Waals surface area (Å²) in [4.78, 5) is 14.6. The van der Waals surface area contributed by atoms with Gasteiger partial charge >= 0.3 is 0 Å². The Morgan fingerprint density at radius 2 is 1.88 bits per heavy atom. The lowest BCUT2D eigenvalue weighted by molar-refractivity contribution is -0.126. The molecule has 0 radical (unpaired) electrons. The molecule has 3 heteroatoms. The van der Waals surface area contributed by atoms with Gasteiger partial charge in [-0.15, -0.1) is 0 Å². The highest BCUT2D eigenvalue weighted by atomic mass is 16.3. The van der Waals surface area contributed by atoms with Gasteiger partial charge in [-0.25, -0.2) is 0 Å². The first-order valence-electron chi connectivity index (χ1n) is 8.33. The first kappa shape index (κ1) is 14.8. The van der Waals surface area contributed by atoms with Crippen LogP contribution < -0.4 is 0 Å². The third kappa shape index (κ3) is 2.85. The molecule has 1 atom stereocenters. The van der Waals surface area contributed by atoms with Crippen molar-refractivity contribution in [1.82, 2.24) is 4.90 Å². The van der Waals surface area contributed by atoms with Gasteiger partial charge in [0.15, 0.2) is 0 Å². The number of carbonyl (C=O) groups excluding carboxylic acids is 1. The minimum absolute atomic E-state index is 0.0433. The second kappa shape index (κ2) is 6.36. The van der Waals surface area contributed by atoms with Crippen molar-refractivity contribution in [1.29, 1.82) is 0 Å². The van der Waals surface area contributed by atoms with E-state index >= 15 is 0 Å². The van der Waals surface area contributed by atoms with E-state index in [0.29, 0.717) is 5.76 Å². The Morgan fingerprint density at radius 1 is 1.08 bits per heavy atom. The van der Waals surface area contributed by atoms with Gasteiger partial charge in [-0.3, -0.25) is 4.79 Å². The Morgan fingerprint density at radius 3 is 2.71 bits per heavy atom. The molecule has 3 aromatic rings. The number of para-hydroxylation sites is 1. The second-order valence-electron chi connectivity index (χ2n) is 6.12. The highest BCUT2D eigenvalue weighted by Gasteiger charge is 2.28. The first-order chi connectivity index (χ1) is 11.8. The second-order valence-corrected chi connectivity index (χ2v) is 6.12. The van der Waals surface area contributed by atoms with Crippen molar-refractivity contribution in [3.63, 3.8) is 0 Å². The zero-order chi connectivity index (χ0) is 16.4. The van der Waals surface area contributed by atoms with Gasteiger partial charge in [-0.1, -0.05) is 48.5 Å². The average molecular weight is 317 g/mol. The van der Waals surface area contributed by atoms with Crippen LogP contribution >= 0.6 is 0 Å². The first-order valence-corrected chi connectivity index (χ1v) is 8.33. The molecular weight excluding hydrogens is 298 g/mol. The van der Waals surface area contributed by atoms with Crippen LogP contribution in [0, 0.1) is 0 Å². The summed E-state index contributed by atoms with van der Waals surface area (Å²) in [6.45, 7) is 0.808. The lowest BCUT2D eigenvalue weighted by Crippen LogP contribution is -2.28. The van der Waals surface area contributed by atoms with Crippen LogP contribution in [0.15, 0.2) is 71.2 Å². The van der Waals surface area contributed by atoms with Crippen molar-refractivity contribution >= 4 is 23.0 Å². The van der Waals surface area contributed by atoms with E-state index in [4.69, 9.17) is 4.42 Å². The van der Waals surface area contributed by atoms with Crippen LogP contribution in [0.4, 0.5) is 0 Å². The number of carbonyl (C=O) groups is 1. The maximum Gasteiger partial charge on any atom is 0.247 e. The molecule has 4 rings (SSSR count). The van der Waals surface area contributed by atoms with Crippen LogP contribution in [-0.2, 0) is 4.79 Å². The maximum atomic E-state index is 12.6. The molecule has 0 saturated carbocycles. The van der Waals surface area contributed by atoms with E-state index in [9.17, 15) is 4.79 Å². The fourth-order valence-electron chi connectivity index (χ4n) is 3.39. The summed E-state index contributed by atoms with van der Waals surface area (Å²) < 4.78 is 5.74. The smallest absolute Gasteiger partial charge is 0.247 e. The number of amides is 1. The van der Waals surface area contributed by atoms with Crippen molar-refractivity contribution in [2.24, 2.45) is 0 Å². The molecule has 1 fully saturated rings. The largest absolute Gasteiger partial charge is 0.457 e. The van der Waals surface area contributed by atoms with Gasteiger partial charge in [0, 0.05) is 18.0 Å². The molecule has 0 aliphatic carbocycles. The van der Waals surface area contributed by atoms with Gasteiger partial charge in [-0.05, 0) is 36.6 Å². The Kier molecular flexibility index (Phi) is 3.91. The molecule has 2 aromatic carbocycles. The number of likely N-dealkylation sites (tertiary alicyclic amines) is 1. The fourth-order valence-corrected chi connectivity index (χ4v) is 3.39. The molecule has 1 saturated heterocycles. The van der Waals surface area contributed by atoms with Crippen LogP contribution in [0.1, 0.15) is 30.2 Å². The van der Waals surface area contributed by atoms with E-state index in [1.54, 1.807) is 12.2 Å². The van der Waals surface area contributed by atoms with Crippen LogP contribution in [0.25, 0.3) is 17.0 Å². The molecule has 0 bridgehead atoms. The summed E-state index contributed by atoms with van der Waals surface area (Å²) in [6, 6.07) is 20.2. The molecule has 24 heavy (non-hydrogen) atoms. The molecule has 1 unspecified atom stereocenters. The van der Waals surface area contributed by atoms with Crippen LogP contribution in [0.2, 0.25) is 0 Å². The molecular formula is C21H19NO2. The lowest BCUT2D eigenvalue weighted by Gasteiger charge is -2.23. The Balaban J connectivity index is 1.52. The van der Waals surface area contributed by atoms with E-state index < -0.39 is 0 Å². The number of fused-ring (bicyclic) bond motifs is 1. The molecule has 2 heterocycles. The summed E-state index contributed by atoms with van der Waals surface area (Å²) in [5, 5.41) is 1.05. The van der Waals surface area contributed by atoms with E-state index in [1.807, 2.05) is 53.4 Å². The van der Waals surface area contributed by atoms with Gasteiger partial charge in [0.1, 0.15) is 11.3 Å². The fraction of sp³-hybridized carbons (Fsp3) is 0.190. The van der Waals surface area contributed by atoms with Crippen LogP contribution in [-0.4, -0.2) is 17.4 Å². The van der Waals surface area contributed by atoms with Gasteiger partial charge in [0.2, 0.25) is 5.91 Å². The van der Waals surface area contributed by atoms with Gasteiger partial charge < -0.3 is 9.32 Å². The molecule has 0 spiro atoms. The van der Waals surface area contributed by atoms with Crippen LogP contribution in [0.5, 0.6) is 0 Å². The number of benzene rings is 2. The Hall–Kier alpha value is -2.81. The van der Waals surface area contributed by atoms with Gasteiger partial charge in [-0.2, -0.15) is 0 Å². The molecule has 120 valence electrons. The van der Waals surface area contributed by atoms with Gasteiger partial charge in [0.25, 0.3) is 0 Å². The van der Waals surface area contributed by atoms with Crippen molar-refractivity contribution in [2.75, 3.05) is 6.54 Å². The predicted octanol–water partition coefficient (Wildman–Crippen LogP) is 4.81. The molecule has 3 nitrogen and oxygen atoms in total. The molecule has 1 aliphatic heterocycles. The van der Waals surface area contributed by atoms with E-state index in [-0.39, 0.29) is 11.9 Å². The van der Waals surface area contributed by atoms with E-state index in [2.05, 4.69) is 12.1 Å². The number of hydrogen-bond acceptors (Lipinski definition) is 2. The topological polar surface area (TPSA) is 33.5 Å². The van der Waals surface area contributed by atoms with Crippen molar-refractivity contribution in [3.05, 3.63) is 78.1 Å². The summed E-state index contributed by atoms with van der Waals surface area (Å²) in [5.41, 5.74) is 2.05. The normalized spacial score (nSPS) is 17.8. The summed E-state index contributed by atoms with van der Waals surface area (Å²) >= 11 is 0. The number of furan rings is 1.